The molecule has 0 saturated heterocycles. The zero-order valence-corrected chi connectivity index (χ0v) is 16.4. The molecule has 140 valence electrons. The van der Waals surface area contributed by atoms with Crippen LogP contribution in [-0.2, 0) is 6.54 Å². The van der Waals surface area contributed by atoms with E-state index in [9.17, 15) is 9.59 Å². The van der Waals surface area contributed by atoms with Gasteiger partial charge in [-0.25, -0.2) is 9.78 Å². The highest BCUT2D eigenvalue weighted by Gasteiger charge is 2.14. The van der Waals surface area contributed by atoms with Crippen LogP contribution in [0.4, 0.5) is 10.5 Å². The maximum atomic E-state index is 12.5. The topological polar surface area (TPSA) is 74.3 Å². The van der Waals surface area contributed by atoms with Crippen LogP contribution in [0.1, 0.15) is 47.7 Å². The molecule has 0 bridgehead atoms. The van der Waals surface area contributed by atoms with Gasteiger partial charge in [0, 0.05) is 29.7 Å². The molecular weight excluding hydrogens is 348 g/mol. The van der Waals surface area contributed by atoms with Crippen molar-refractivity contribution in [1.82, 2.24) is 15.2 Å². The van der Waals surface area contributed by atoms with E-state index in [1.165, 1.54) is 0 Å². The van der Waals surface area contributed by atoms with Gasteiger partial charge in [0.15, 0.2) is 0 Å². The molecule has 0 aliphatic rings. The number of aryl methyl sites for hydroxylation is 1. The number of carbonyl (C=O) groups excluding carboxylic acids is 2. The number of carbonyl (C=O) groups is 2. The number of anilines is 1. The van der Waals surface area contributed by atoms with Crippen LogP contribution in [0.2, 0.25) is 0 Å². The molecule has 1 aromatic heterocycles. The Morgan fingerprint density at radius 3 is 2.31 bits per heavy atom. The third-order valence-electron chi connectivity index (χ3n) is 3.76. The third kappa shape index (κ3) is 5.84. The molecule has 2 rings (SSSR count). The van der Waals surface area contributed by atoms with Gasteiger partial charge in [0.2, 0.25) is 0 Å². The van der Waals surface area contributed by atoms with Gasteiger partial charge in [-0.2, -0.15) is 0 Å². The van der Waals surface area contributed by atoms with Crippen LogP contribution in [0.5, 0.6) is 0 Å². The Morgan fingerprint density at radius 2 is 1.77 bits per heavy atom. The van der Waals surface area contributed by atoms with Crippen LogP contribution >= 0.6 is 11.3 Å². The van der Waals surface area contributed by atoms with Crippen molar-refractivity contribution < 1.29 is 9.59 Å². The van der Waals surface area contributed by atoms with Crippen LogP contribution in [0, 0.1) is 6.92 Å². The van der Waals surface area contributed by atoms with Crippen LogP contribution in [0.25, 0.3) is 0 Å². The van der Waals surface area contributed by atoms with Crippen molar-refractivity contribution in [3.05, 3.63) is 45.9 Å². The van der Waals surface area contributed by atoms with Gasteiger partial charge in [-0.1, -0.05) is 13.8 Å². The molecule has 0 fully saturated rings. The SMILES string of the molecule is CCCN(CCC)C(=O)c1ccc(NC(=O)NCc2csc(C)n2)cc1. The molecule has 3 amide bonds. The fourth-order valence-electron chi connectivity index (χ4n) is 2.57. The molecule has 0 spiro atoms. The van der Waals surface area contributed by atoms with Crippen LogP contribution in [0.15, 0.2) is 29.6 Å². The number of nitrogens with zero attached hydrogens (tertiary/aromatic N) is 2. The van der Waals surface area contributed by atoms with Crippen LogP contribution in [0.3, 0.4) is 0 Å². The summed E-state index contributed by atoms with van der Waals surface area (Å²) in [6.07, 6.45) is 1.87. The molecule has 2 N–H and O–H groups in total. The van der Waals surface area contributed by atoms with Crippen LogP contribution < -0.4 is 10.6 Å². The van der Waals surface area contributed by atoms with Crippen molar-refractivity contribution in [3.8, 4) is 0 Å². The summed E-state index contributed by atoms with van der Waals surface area (Å²) in [7, 11) is 0. The second-order valence-electron chi connectivity index (χ2n) is 6.04. The van der Waals surface area contributed by atoms with Crippen molar-refractivity contribution in [1.29, 1.82) is 0 Å². The number of amides is 3. The van der Waals surface area contributed by atoms with Gasteiger partial charge < -0.3 is 15.5 Å². The fourth-order valence-corrected chi connectivity index (χ4v) is 3.18. The highest BCUT2D eigenvalue weighted by molar-refractivity contribution is 7.09. The molecule has 26 heavy (non-hydrogen) atoms. The van der Waals surface area contributed by atoms with Gasteiger partial charge in [0.05, 0.1) is 17.2 Å². The molecule has 2 aromatic rings. The Hall–Kier alpha value is -2.41. The summed E-state index contributed by atoms with van der Waals surface area (Å²) in [6.45, 7) is 7.95. The van der Waals surface area contributed by atoms with Crippen molar-refractivity contribution in [2.24, 2.45) is 0 Å². The summed E-state index contributed by atoms with van der Waals surface area (Å²) in [6, 6.07) is 6.69. The first-order valence-electron chi connectivity index (χ1n) is 8.88. The zero-order valence-electron chi connectivity index (χ0n) is 15.5. The standard InChI is InChI=1S/C19H26N4O2S/c1-4-10-23(11-5-2)18(24)15-6-8-16(9-7-15)22-19(25)20-12-17-13-26-14(3)21-17/h6-9,13H,4-5,10-12H2,1-3H3,(H2,20,22,25). The average molecular weight is 375 g/mol. The lowest BCUT2D eigenvalue weighted by Crippen LogP contribution is -2.32. The van der Waals surface area contributed by atoms with Crippen molar-refractivity contribution in [3.63, 3.8) is 0 Å². The van der Waals surface area contributed by atoms with Gasteiger partial charge in [0.25, 0.3) is 5.91 Å². The van der Waals surface area contributed by atoms with E-state index in [1.54, 1.807) is 35.6 Å². The summed E-state index contributed by atoms with van der Waals surface area (Å²) >= 11 is 1.55. The van der Waals surface area contributed by atoms with Gasteiger partial charge >= 0.3 is 6.03 Å². The number of thiazole rings is 1. The van der Waals surface area contributed by atoms with Gasteiger partial charge in [0.1, 0.15) is 0 Å². The lowest BCUT2D eigenvalue weighted by atomic mass is 10.1. The highest BCUT2D eigenvalue weighted by atomic mass is 32.1. The molecule has 0 saturated carbocycles. The quantitative estimate of drug-likeness (QED) is 0.732. The Kier molecular flexibility index (Phi) is 7.59. The Morgan fingerprint density at radius 1 is 1.12 bits per heavy atom. The van der Waals surface area contributed by atoms with E-state index in [0.717, 1.165) is 36.6 Å². The van der Waals surface area contributed by atoms with Crippen molar-refractivity contribution >= 4 is 29.0 Å². The third-order valence-corrected chi connectivity index (χ3v) is 4.58. The molecule has 0 unspecified atom stereocenters. The van der Waals surface area contributed by atoms with E-state index in [2.05, 4.69) is 29.5 Å². The number of nitrogens with one attached hydrogen (secondary N) is 2. The predicted molar refractivity (Wildman–Crippen MR) is 106 cm³/mol. The Bertz CT molecular complexity index is 721. The summed E-state index contributed by atoms with van der Waals surface area (Å²) in [4.78, 5) is 30.7. The highest BCUT2D eigenvalue weighted by Crippen LogP contribution is 2.13. The summed E-state index contributed by atoms with van der Waals surface area (Å²) in [5.74, 6) is 0.0311. The van der Waals surface area contributed by atoms with E-state index in [4.69, 9.17) is 0 Å². The monoisotopic (exact) mass is 374 g/mol. The van der Waals surface area contributed by atoms with Crippen molar-refractivity contribution in [2.45, 2.75) is 40.2 Å². The Balaban J connectivity index is 1.89. The minimum Gasteiger partial charge on any atom is -0.339 e. The minimum absolute atomic E-state index is 0.0311. The van der Waals surface area contributed by atoms with Crippen LogP contribution in [-0.4, -0.2) is 34.9 Å². The van der Waals surface area contributed by atoms with Crippen molar-refractivity contribution in [2.75, 3.05) is 18.4 Å². The molecule has 7 heteroatoms. The lowest BCUT2D eigenvalue weighted by Gasteiger charge is -2.21. The van der Waals surface area contributed by atoms with Gasteiger partial charge in [-0.15, -0.1) is 11.3 Å². The number of rotatable bonds is 8. The van der Waals surface area contributed by atoms with E-state index in [1.807, 2.05) is 17.2 Å². The molecule has 1 heterocycles. The second kappa shape index (κ2) is 9.91. The molecule has 0 radical (unpaired) electrons. The average Bonchev–Trinajstić information content (AvgIpc) is 3.05. The lowest BCUT2D eigenvalue weighted by molar-refractivity contribution is 0.0755. The molecule has 1 aromatic carbocycles. The fraction of sp³-hybridized carbons (Fsp3) is 0.421. The molecule has 6 nitrogen and oxygen atoms in total. The minimum atomic E-state index is -0.298. The van der Waals surface area contributed by atoms with E-state index < -0.39 is 0 Å². The second-order valence-corrected chi connectivity index (χ2v) is 7.10. The molecule has 0 aliphatic carbocycles. The number of hydrogen-bond acceptors (Lipinski definition) is 4. The number of benzene rings is 1. The maximum Gasteiger partial charge on any atom is 0.319 e. The summed E-state index contributed by atoms with van der Waals surface area (Å²) in [5, 5.41) is 8.43. The number of urea groups is 1. The van der Waals surface area contributed by atoms with E-state index >= 15 is 0 Å². The largest absolute Gasteiger partial charge is 0.339 e. The number of hydrogen-bond donors (Lipinski definition) is 2. The maximum absolute atomic E-state index is 12.5. The first-order chi connectivity index (χ1) is 12.5. The first-order valence-corrected chi connectivity index (χ1v) is 9.76. The Labute approximate surface area is 158 Å². The number of aromatic nitrogens is 1. The molecular formula is C19H26N4O2S. The smallest absolute Gasteiger partial charge is 0.319 e. The summed E-state index contributed by atoms with van der Waals surface area (Å²) in [5.41, 5.74) is 2.12. The first kappa shape index (κ1) is 19.9. The molecule has 0 atom stereocenters. The van der Waals surface area contributed by atoms with E-state index in [-0.39, 0.29) is 11.9 Å². The summed E-state index contributed by atoms with van der Waals surface area (Å²) < 4.78 is 0. The molecule has 0 aliphatic heterocycles. The van der Waals surface area contributed by atoms with Gasteiger partial charge in [-0.3, -0.25) is 4.79 Å². The van der Waals surface area contributed by atoms with E-state index in [0.29, 0.717) is 17.8 Å². The van der Waals surface area contributed by atoms with Gasteiger partial charge in [-0.05, 0) is 44.0 Å². The normalized spacial score (nSPS) is 10.4. The zero-order chi connectivity index (χ0) is 18.9. The predicted octanol–water partition coefficient (Wildman–Crippen LogP) is 4.04.